The number of benzene rings is 1. The van der Waals surface area contributed by atoms with Crippen molar-refractivity contribution < 1.29 is 8.42 Å². The fourth-order valence-corrected chi connectivity index (χ4v) is 2.61. The van der Waals surface area contributed by atoms with E-state index in [0.29, 0.717) is 13.0 Å². The van der Waals surface area contributed by atoms with Gasteiger partial charge in [-0.05, 0) is 30.5 Å². The molecule has 0 amide bonds. The molecule has 0 aliphatic heterocycles. The zero-order valence-corrected chi connectivity index (χ0v) is 11.8. The van der Waals surface area contributed by atoms with Crippen molar-refractivity contribution in [3.8, 4) is 0 Å². The number of aryl methyl sites for hydroxylation is 2. The number of primary sulfonamides is 1. The molecule has 0 unspecified atom stereocenters. The molecule has 2 aromatic rings. The number of nitrogens with zero attached hydrogens (tertiary/aromatic N) is 2. The van der Waals surface area contributed by atoms with Crippen LogP contribution in [0, 0.1) is 6.92 Å². The van der Waals surface area contributed by atoms with Crippen molar-refractivity contribution in [1.82, 2.24) is 9.78 Å². The molecule has 1 aromatic carbocycles. The summed E-state index contributed by atoms with van der Waals surface area (Å²) in [6.45, 7) is 4.31. The van der Waals surface area contributed by atoms with Gasteiger partial charge in [0.25, 0.3) is 10.0 Å². The normalized spacial score (nSPS) is 11.7. The summed E-state index contributed by atoms with van der Waals surface area (Å²) in [7, 11) is -3.76. The van der Waals surface area contributed by atoms with Gasteiger partial charge < -0.3 is 0 Å². The molecule has 1 aromatic heterocycles. The predicted molar refractivity (Wildman–Crippen MR) is 73.3 cm³/mol. The Bertz CT molecular complexity index is 690. The van der Waals surface area contributed by atoms with E-state index < -0.39 is 10.0 Å². The molecular weight excluding hydrogens is 262 g/mol. The molecule has 2 N–H and O–H groups in total. The van der Waals surface area contributed by atoms with Gasteiger partial charge in [-0.1, -0.05) is 31.2 Å². The highest BCUT2D eigenvalue weighted by atomic mass is 32.2. The minimum atomic E-state index is -3.76. The lowest BCUT2D eigenvalue weighted by molar-refractivity contribution is 0.562. The fourth-order valence-electron chi connectivity index (χ4n) is 1.91. The van der Waals surface area contributed by atoms with E-state index in [1.165, 1.54) is 10.7 Å². The third-order valence-corrected chi connectivity index (χ3v) is 3.94. The van der Waals surface area contributed by atoms with E-state index in [9.17, 15) is 8.42 Å². The number of hydrogen-bond acceptors (Lipinski definition) is 3. The first-order valence-electron chi connectivity index (χ1n) is 6.06. The Kier molecular flexibility index (Phi) is 3.73. The van der Waals surface area contributed by atoms with Gasteiger partial charge in [-0.15, -0.1) is 0 Å². The molecule has 0 aliphatic carbocycles. The van der Waals surface area contributed by atoms with Crippen LogP contribution in [0.2, 0.25) is 0 Å². The van der Waals surface area contributed by atoms with E-state index in [2.05, 4.69) is 5.10 Å². The molecule has 19 heavy (non-hydrogen) atoms. The highest BCUT2D eigenvalue weighted by Crippen LogP contribution is 2.15. The summed E-state index contributed by atoms with van der Waals surface area (Å²) in [6.07, 6.45) is 0.670. The average Bonchev–Trinajstić information content (AvgIpc) is 2.75. The molecule has 2 rings (SSSR count). The first-order valence-corrected chi connectivity index (χ1v) is 7.60. The summed E-state index contributed by atoms with van der Waals surface area (Å²) in [5, 5.41) is 9.58. The van der Waals surface area contributed by atoms with E-state index in [1.807, 2.05) is 38.1 Å². The van der Waals surface area contributed by atoms with Crippen molar-refractivity contribution in [1.29, 1.82) is 0 Å². The number of nitrogens with two attached hydrogens (primary N) is 1. The maximum Gasteiger partial charge on any atom is 0.255 e. The Morgan fingerprint density at radius 3 is 2.58 bits per heavy atom. The van der Waals surface area contributed by atoms with E-state index >= 15 is 0 Å². The van der Waals surface area contributed by atoms with Crippen LogP contribution in [0.3, 0.4) is 0 Å². The molecule has 102 valence electrons. The molecular formula is C13H17N3O2S. The standard InChI is InChI=1S/C13H17N3O2S/c1-3-12-8-13(19(14,17)18)16(15-12)9-11-7-5-4-6-10(11)2/h4-8H,3,9H2,1-2H3,(H2,14,17,18). The maximum atomic E-state index is 11.6. The Hall–Kier alpha value is -1.66. The quantitative estimate of drug-likeness (QED) is 0.920. The van der Waals surface area contributed by atoms with Gasteiger partial charge >= 0.3 is 0 Å². The highest BCUT2D eigenvalue weighted by Gasteiger charge is 2.17. The number of rotatable bonds is 4. The van der Waals surface area contributed by atoms with Crippen molar-refractivity contribution in [2.45, 2.75) is 31.8 Å². The number of sulfonamides is 1. The molecule has 6 heteroatoms. The molecule has 0 fully saturated rings. The summed E-state index contributed by atoms with van der Waals surface area (Å²) in [6, 6.07) is 9.34. The summed E-state index contributed by atoms with van der Waals surface area (Å²) >= 11 is 0. The summed E-state index contributed by atoms with van der Waals surface area (Å²) in [5.74, 6) is 0. The van der Waals surface area contributed by atoms with E-state index in [1.54, 1.807) is 0 Å². The smallest absolute Gasteiger partial charge is 0.248 e. The second kappa shape index (κ2) is 5.14. The van der Waals surface area contributed by atoms with Crippen LogP contribution in [-0.4, -0.2) is 18.2 Å². The van der Waals surface area contributed by atoms with Crippen LogP contribution in [0.4, 0.5) is 0 Å². The van der Waals surface area contributed by atoms with Crippen LogP contribution in [0.15, 0.2) is 35.4 Å². The van der Waals surface area contributed by atoms with Crippen molar-refractivity contribution >= 4 is 10.0 Å². The predicted octanol–water partition coefficient (Wildman–Crippen LogP) is 1.45. The minimum Gasteiger partial charge on any atom is -0.248 e. The largest absolute Gasteiger partial charge is 0.255 e. The van der Waals surface area contributed by atoms with Crippen molar-refractivity contribution in [2.24, 2.45) is 5.14 Å². The van der Waals surface area contributed by atoms with Gasteiger partial charge in [0.15, 0.2) is 5.03 Å². The third-order valence-electron chi connectivity index (χ3n) is 3.03. The SMILES string of the molecule is CCc1cc(S(N)(=O)=O)n(Cc2ccccc2C)n1. The van der Waals surface area contributed by atoms with Gasteiger partial charge in [-0.3, -0.25) is 0 Å². The Balaban J connectivity index is 2.45. The zero-order chi connectivity index (χ0) is 14.0. The molecule has 0 saturated heterocycles. The Morgan fingerprint density at radius 2 is 2.00 bits per heavy atom. The maximum absolute atomic E-state index is 11.6. The van der Waals surface area contributed by atoms with Gasteiger partial charge in [0.2, 0.25) is 0 Å². The van der Waals surface area contributed by atoms with E-state index in [-0.39, 0.29) is 5.03 Å². The van der Waals surface area contributed by atoms with E-state index in [0.717, 1.165) is 16.8 Å². The first-order chi connectivity index (χ1) is 8.91. The lowest BCUT2D eigenvalue weighted by atomic mass is 10.1. The first kappa shape index (κ1) is 13.8. The molecule has 0 bridgehead atoms. The van der Waals surface area contributed by atoms with Crippen LogP contribution in [0.25, 0.3) is 0 Å². The molecule has 1 heterocycles. The molecule has 0 saturated carbocycles. The van der Waals surface area contributed by atoms with Crippen molar-refractivity contribution in [3.63, 3.8) is 0 Å². The van der Waals surface area contributed by atoms with Gasteiger partial charge in [-0.2, -0.15) is 5.10 Å². The minimum absolute atomic E-state index is 0.0626. The number of aromatic nitrogens is 2. The summed E-state index contributed by atoms with van der Waals surface area (Å²) in [5.41, 5.74) is 2.84. The Morgan fingerprint density at radius 1 is 1.32 bits per heavy atom. The lowest BCUT2D eigenvalue weighted by Gasteiger charge is -2.08. The van der Waals surface area contributed by atoms with Crippen molar-refractivity contribution in [3.05, 3.63) is 47.2 Å². The summed E-state index contributed by atoms with van der Waals surface area (Å²) in [4.78, 5) is 0. The lowest BCUT2D eigenvalue weighted by Crippen LogP contribution is -2.18. The van der Waals surface area contributed by atoms with Crippen LogP contribution in [0.1, 0.15) is 23.7 Å². The monoisotopic (exact) mass is 279 g/mol. The fraction of sp³-hybridized carbons (Fsp3) is 0.308. The van der Waals surface area contributed by atoms with Gasteiger partial charge in [0, 0.05) is 0 Å². The molecule has 0 aliphatic rings. The van der Waals surface area contributed by atoms with Crippen LogP contribution in [0.5, 0.6) is 0 Å². The average molecular weight is 279 g/mol. The molecule has 0 atom stereocenters. The zero-order valence-electron chi connectivity index (χ0n) is 11.0. The second-order valence-corrected chi connectivity index (χ2v) is 5.96. The van der Waals surface area contributed by atoms with Crippen molar-refractivity contribution in [2.75, 3.05) is 0 Å². The third kappa shape index (κ3) is 3.02. The van der Waals surface area contributed by atoms with Gasteiger partial charge in [0.05, 0.1) is 12.2 Å². The molecule has 0 radical (unpaired) electrons. The van der Waals surface area contributed by atoms with Crippen LogP contribution < -0.4 is 5.14 Å². The Labute approximate surface area is 113 Å². The molecule has 5 nitrogen and oxygen atoms in total. The number of hydrogen-bond donors (Lipinski definition) is 1. The van der Waals surface area contributed by atoms with Gasteiger partial charge in [-0.25, -0.2) is 18.2 Å². The van der Waals surface area contributed by atoms with Crippen LogP contribution in [-0.2, 0) is 23.0 Å². The van der Waals surface area contributed by atoms with Crippen LogP contribution >= 0.6 is 0 Å². The topological polar surface area (TPSA) is 78.0 Å². The van der Waals surface area contributed by atoms with Gasteiger partial charge in [0.1, 0.15) is 0 Å². The van der Waals surface area contributed by atoms with E-state index in [4.69, 9.17) is 5.14 Å². The second-order valence-electron chi connectivity index (χ2n) is 4.46. The highest BCUT2D eigenvalue weighted by molar-refractivity contribution is 7.89. The molecule has 0 spiro atoms. The summed E-state index contributed by atoms with van der Waals surface area (Å²) < 4.78 is 24.6.